The van der Waals surface area contributed by atoms with Crippen LogP contribution in [0.4, 0.5) is 4.79 Å². The van der Waals surface area contributed by atoms with Gasteiger partial charge in [-0.1, -0.05) is 61.5 Å². The molecule has 0 saturated carbocycles. The first-order valence-electron chi connectivity index (χ1n) is 26.6. The number of carbonyl (C=O) groups is 3. The second-order valence-electron chi connectivity index (χ2n) is 21.4. The second-order valence-corrected chi connectivity index (χ2v) is 21.4. The number of rotatable bonds is 26. The molecule has 4 fully saturated rings. The first kappa shape index (κ1) is 58.6. The Bertz CT molecular complexity index is 1670. The molecule has 5 aliphatic rings. The lowest BCUT2D eigenvalue weighted by Crippen LogP contribution is -2.62. The molecule has 5 heterocycles. The highest BCUT2D eigenvalue weighted by atomic mass is 16.7. The maximum Gasteiger partial charge on any atom is 0.407 e. The number of ketones is 1. The smallest absolute Gasteiger partial charge is 0.407 e. The number of Topliss-reactive ketones (excluding diaryl/α,β-unsaturated/α-hetero) is 1. The van der Waals surface area contributed by atoms with Crippen LogP contribution in [-0.4, -0.2) is 165 Å². The van der Waals surface area contributed by atoms with Crippen molar-refractivity contribution < 1.29 is 77.1 Å². The summed E-state index contributed by atoms with van der Waals surface area (Å²) in [6, 6.07) is -0.664. The summed E-state index contributed by atoms with van der Waals surface area (Å²) in [5.41, 5.74) is -1.59. The summed E-state index contributed by atoms with van der Waals surface area (Å²) in [7, 11) is 1.62. The van der Waals surface area contributed by atoms with E-state index in [0.29, 0.717) is 97.4 Å². The fourth-order valence-corrected chi connectivity index (χ4v) is 11.9. The van der Waals surface area contributed by atoms with Crippen LogP contribution < -0.4 is 5.32 Å². The lowest BCUT2D eigenvalue weighted by molar-refractivity contribution is -0.327. The average molecular weight is 998 g/mol. The molecule has 5 aliphatic heterocycles. The molecule has 2 unspecified atom stereocenters. The Morgan fingerprint density at radius 2 is 1.43 bits per heavy atom. The molecule has 0 radical (unpaired) electrons. The van der Waals surface area contributed by atoms with Gasteiger partial charge in [-0.15, -0.1) is 0 Å². The van der Waals surface area contributed by atoms with Crippen molar-refractivity contribution in [1.82, 2.24) is 5.32 Å². The summed E-state index contributed by atoms with van der Waals surface area (Å²) in [6.07, 6.45) is 4.94. The average Bonchev–Trinajstić information content (AvgIpc) is 3.75. The van der Waals surface area contributed by atoms with E-state index in [1.165, 1.54) is 0 Å². The van der Waals surface area contributed by atoms with Crippen LogP contribution in [-0.2, 0) is 57.0 Å². The minimum Gasteiger partial charge on any atom is -0.481 e. The molecule has 4 saturated heterocycles. The van der Waals surface area contributed by atoms with E-state index in [9.17, 15) is 29.7 Å². The highest BCUT2D eigenvalue weighted by Gasteiger charge is 2.57. The number of alkyl carbamates (subject to hydrolysis) is 1. The quantitative estimate of drug-likeness (QED) is 0.0527. The fraction of sp³-hybridized carbons (Fsp3) is 0.906. The second kappa shape index (κ2) is 26.8. The molecule has 17 heteroatoms. The van der Waals surface area contributed by atoms with Gasteiger partial charge in [0.2, 0.25) is 0 Å². The number of nitrogens with one attached hydrogen (secondary N) is 1. The number of hydrogen-bond acceptors (Lipinski definition) is 15. The van der Waals surface area contributed by atoms with Gasteiger partial charge in [-0.05, 0) is 96.0 Å². The maximum absolute atomic E-state index is 14.7. The molecular formula is C53H91NO16. The minimum atomic E-state index is -1.27. The van der Waals surface area contributed by atoms with Crippen LogP contribution in [0.25, 0.3) is 0 Å². The van der Waals surface area contributed by atoms with Gasteiger partial charge in [0.25, 0.3) is 0 Å². The van der Waals surface area contributed by atoms with E-state index in [-0.39, 0.29) is 49.0 Å². The van der Waals surface area contributed by atoms with E-state index in [1.54, 1.807) is 14.0 Å². The van der Waals surface area contributed by atoms with E-state index >= 15 is 0 Å². The van der Waals surface area contributed by atoms with Gasteiger partial charge in [-0.2, -0.15) is 0 Å². The number of ether oxygens (including phenoxy) is 10. The van der Waals surface area contributed by atoms with Gasteiger partial charge >= 0.3 is 12.1 Å². The topological polar surface area (TPSA) is 216 Å². The SMILES string of the molecule is CC[C@@H](C(=O)[C@@H](C)[C@@H](O)[C@H](C)[C@@H]1O[C@@H]([C@@H](CC)C(=O)O)CC[C@@H]1C)[C@H]1O[C@]2(C=C[C@@H](NC(=O)OCCOCCOCCOCCOC)C(C3CC[C@@](C)([C@H]4CC[C@](O)(CC)[C@H](C)O4)O3)O2)[C@H](C)C[C@@H]1C. The van der Waals surface area contributed by atoms with Crippen molar-refractivity contribution in [3.63, 3.8) is 0 Å². The Labute approximate surface area is 418 Å². The lowest BCUT2D eigenvalue weighted by atomic mass is 9.72. The predicted octanol–water partition coefficient (Wildman–Crippen LogP) is 6.66. The molecule has 17 nitrogen and oxygen atoms in total. The molecule has 4 N–H and O–H groups in total. The third kappa shape index (κ3) is 14.3. The number of carboxylic acid groups (broad SMARTS) is 1. The predicted molar refractivity (Wildman–Crippen MR) is 260 cm³/mol. The highest BCUT2D eigenvalue weighted by Crippen LogP contribution is 2.49. The van der Waals surface area contributed by atoms with Gasteiger partial charge in [0.05, 0.1) is 112 Å². The zero-order valence-electron chi connectivity index (χ0n) is 44.3. The number of aliphatic carboxylic acids is 1. The first-order chi connectivity index (χ1) is 33.3. The molecule has 5 rings (SSSR count). The van der Waals surface area contributed by atoms with E-state index in [1.807, 2.05) is 46.8 Å². The Kier molecular flexibility index (Phi) is 22.4. The summed E-state index contributed by atoms with van der Waals surface area (Å²) >= 11 is 0. The van der Waals surface area contributed by atoms with E-state index in [2.05, 4.69) is 33.0 Å². The van der Waals surface area contributed by atoms with Crippen molar-refractivity contribution in [2.24, 2.45) is 41.4 Å². The maximum atomic E-state index is 14.7. The van der Waals surface area contributed by atoms with Gasteiger partial charge in [0.15, 0.2) is 5.79 Å². The van der Waals surface area contributed by atoms with Crippen LogP contribution in [0.15, 0.2) is 12.2 Å². The van der Waals surface area contributed by atoms with Crippen LogP contribution in [0.5, 0.6) is 0 Å². The van der Waals surface area contributed by atoms with Crippen molar-refractivity contribution in [2.45, 2.75) is 205 Å². The third-order valence-electron chi connectivity index (χ3n) is 16.6. The Morgan fingerprint density at radius 3 is 2.03 bits per heavy atom. The molecule has 0 bridgehead atoms. The van der Waals surface area contributed by atoms with Crippen molar-refractivity contribution >= 4 is 17.8 Å². The standard InChI is InChI=1S/C53H91NO16/c1-12-38(49(57)58)41-16-15-32(4)46(67-41)36(8)44(55)35(7)45(56)39(13-2)47-33(5)31-34(6)53(69-47)22-17-40(54-50(59)65-30-29-64-28-27-63-26-25-62-24-23-61-11)48(70-53)42-18-20-51(10,68-42)43-19-21-52(60,14-3)37(9)66-43/h17,22,32-44,46-48,55,60H,12-16,18-21,23-31H2,1-11H3,(H,54,59)(H,57,58)/t32-,33-,34+,35-,36-,37-,38+,39-,40+,41+,42?,43+,44+,46+,47-,48?,51-,52+,53-/m0/s1. The van der Waals surface area contributed by atoms with E-state index in [0.717, 1.165) is 6.42 Å². The number of hydrogen-bond donors (Lipinski definition) is 4. The molecule has 0 aliphatic carbocycles. The number of aliphatic hydroxyl groups excluding tert-OH is 1. The van der Waals surface area contributed by atoms with Crippen LogP contribution in [0.1, 0.15) is 133 Å². The highest BCUT2D eigenvalue weighted by molar-refractivity contribution is 5.84. The summed E-state index contributed by atoms with van der Waals surface area (Å²) in [5, 5.41) is 36.0. The summed E-state index contributed by atoms with van der Waals surface area (Å²) in [5.74, 6) is -4.74. The molecular weight excluding hydrogens is 907 g/mol. The minimum absolute atomic E-state index is 0.0203. The molecule has 70 heavy (non-hydrogen) atoms. The van der Waals surface area contributed by atoms with Crippen molar-refractivity contribution in [3.8, 4) is 0 Å². The lowest BCUT2D eigenvalue weighted by Gasteiger charge is -2.52. The van der Waals surface area contributed by atoms with Crippen LogP contribution in [0.2, 0.25) is 0 Å². The van der Waals surface area contributed by atoms with Crippen molar-refractivity contribution in [1.29, 1.82) is 0 Å². The molecule has 1 spiro atoms. The van der Waals surface area contributed by atoms with Crippen molar-refractivity contribution in [2.75, 3.05) is 60.0 Å². The zero-order valence-corrected chi connectivity index (χ0v) is 44.3. The molecule has 404 valence electrons. The van der Waals surface area contributed by atoms with Crippen LogP contribution in [0, 0.1) is 41.4 Å². The van der Waals surface area contributed by atoms with Gasteiger partial charge in [0.1, 0.15) is 18.5 Å². The third-order valence-corrected chi connectivity index (χ3v) is 16.6. The first-order valence-corrected chi connectivity index (χ1v) is 26.6. The van der Waals surface area contributed by atoms with Crippen molar-refractivity contribution in [3.05, 3.63) is 12.2 Å². The number of aliphatic hydroxyl groups is 2. The summed E-state index contributed by atoms with van der Waals surface area (Å²) < 4.78 is 61.3. The Hall–Kier alpha value is -2.29. The van der Waals surface area contributed by atoms with Crippen LogP contribution in [0.3, 0.4) is 0 Å². The van der Waals surface area contributed by atoms with Gasteiger partial charge in [-0.3, -0.25) is 9.59 Å². The normalized spacial score (nSPS) is 37.9. The largest absolute Gasteiger partial charge is 0.481 e. The monoisotopic (exact) mass is 998 g/mol. The molecule has 0 aromatic carbocycles. The number of carboxylic acids is 1. The molecule has 0 aromatic heterocycles. The number of methoxy groups -OCH3 is 1. The van der Waals surface area contributed by atoms with E-state index < -0.39 is 95.4 Å². The van der Waals surface area contributed by atoms with Crippen LogP contribution >= 0.6 is 0 Å². The summed E-state index contributed by atoms with van der Waals surface area (Å²) in [6.45, 7) is 22.5. The Balaban J connectivity index is 1.29. The fourth-order valence-electron chi connectivity index (χ4n) is 11.9. The number of amides is 1. The molecule has 1 amide bonds. The van der Waals surface area contributed by atoms with Gasteiger partial charge < -0.3 is 68.0 Å². The van der Waals surface area contributed by atoms with Gasteiger partial charge in [0, 0.05) is 30.8 Å². The summed E-state index contributed by atoms with van der Waals surface area (Å²) in [4.78, 5) is 40.2. The molecule has 0 aromatic rings. The molecule has 19 atom stereocenters. The van der Waals surface area contributed by atoms with Gasteiger partial charge in [-0.25, -0.2) is 4.79 Å². The Morgan fingerprint density at radius 1 is 0.786 bits per heavy atom. The number of carbonyl (C=O) groups excluding carboxylic acids is 2. The van der Waals surface area contributed by atoms with E-state index in [4.69, 9.17) is 47.4 Å². The zero-order chi connectivity index (χ0) is 51.4.